The Hall–Kier alpha value is -2.63. The lowest BCUT2D eigenvalue weighted by Crippen LogP contribution is -2.14. The molecule has 0 atom stereocenters. The van der Waals surface area contributed by atoms with Crippen LogP contribution in [0.4, 0.5) is 25.8 Å². The minimum atomic E-state index is -0.716. The van der Waals surface area contributed by atoms with Gasteiger partial charge in [0, 0.05) is 6.07 Å². The third kappa shape index (κ3) is 2.62. The molecule has 6 heteroatoms. The molecular weight excluding hydrogens is 252 g/mol. The number of nitrogens with two attached hydrogens (primary N) is 2. The number of para-hydroxylation sites is 1. The molecule has 0 radical (unpaired) electrons. The first-order valence-corrected chi connectivity index (χ1v) is 5.39. The average molecular weight is 263 g/mol. The number of nitrogens with one attached hydrogen (secondary N) is 1. The highest BCUT2D eigenvalue weighted by Crippen LogP contribution is 2.28. The lowest BCUT2D eigenvalue weighted by molar-refractivity contribution is 0.100. The number of primary amides is 1. The molecule has 1 amide bonds. The van der Waals surface area contributed by atoms with Crippen LogP contribution in [0.2, 0.25) is 0 Å². The summed E-state index contributed by atoms with van der Waals surface area (Å²) in [6.07, 6.45) is 0. The van der Waals surface area contributed by atoms with Crippen molar-refractivity contribution in [2.45, 2.75) is 0 Å². The summed E-state index contributed by atoms with van der Waals surface area (Å²) in [7, 11) is 0. The molecule has 2 aromatic carbocycles. The van der Waals surface area contributed by atoms with Crippen molar-refractivity contribution in [1.29, 1.82) is 0 Å². The van der Waals surface area contributed by atoms with E-state index in [1.54, 1.807) is 6.07 Å². The van der Waals surface area contributed by atoms with Gasteiger partial charge in [-0.25, -0.2) is 8.78 Å². The molecule has 0 aliphatic carbocycles. The zero-order valence-corrected chi connectivity index (χ0v) is 9.78. The molecule has 19 heavy (non-hydrogen) atoms. The smallest absolute Gasteiger partial charge is 0.250 e. The number of hydrogen-bond donors (Lipinski definition) is 3. The molecule has 0 unspecified atom stereocenters. The van der Waals surface area contributed by atoms with Gasteiger partial charge < -0.3 is 16.8 Å². The van der Waals surface area contributed by atoms with E-state index >= 15 is 0 Å². The van der Waals surface area contributed by atoms with E-state index < -0.39 is 17.5 Å². The van der Waals surface area contributed by atoms with Crippen LogP contribution >= 0.6 is 0 Å². The normalized spacial score (nSPS) is 10.2. The van der Waals surface area contributed by atoms with Crippen molar-refractivity contribution in [3.63, 3.8) is 0 Å². The van der Waals surface area contributed by atoms with Gasteiger partial charge in [0.25, 0.3) is 5.91 Å². The van der Waals surface area contributed by atoms with Crippen molar-refractivity contribution in [2.24, 2.45) is 5.73 Å². The highest BCUT2D eigenvalue weighted by atomic mass is 19.1. The maximum Gasteiger partial charge on any atom is 0.250 e. The van der Waals surface area contributed by atoms with Gasteiger partial charge in [0.2, 0.25) is 0 Å². The fourth-order valence-corrected chi connectivity index (χ4v) is 1.64. The highest BCUT2D eigenvalue weighted by molar-refractivity contribution is 6.02. The first kappa shape index (κ1) is 12.8. The molecule has 4 nitrogen and oxygen atoms in total. The number of halogens is 2. The molecule has 98 valence electrons. The largest absolute Gasteiger partial charge is 0.397 e. The highest BCUT2D eigenvalue weighted by Gasteiger charge is 2.13. The van der Waals surface area contributed by atoms with Crippen LogP contribution in [0, 0.1) is 11.6 Å². The first-order chi connectivity index (χ1) is 8.99. The molecule has 0 heterocycles. The van der Waals surface area contributed by atoms with Gasteiger partial charge in [0.1, 0.15) is 11.6 Å². The molecular formula is C13H11F2N3O. The van der Waals surface area contributed by atoms with Crippen molar-refractivity contribution >= 4 is 23.0 Å². The summed E-state index contributed by atoms with van der Waals surface area (Å²) in [4.78, 5) is 11.3. The molecule has 2 rings (SSSR count). The average Bonchev–Trinajstić information content (AvgIpc) is 2.35. The van der Waals surface area contributed by atoms with E-state index in [2.05, 4.69) is 5.32 Å². The molecule has 0 saturated heterocycles. The molecule has 0 aliphatic rings. The Kier molecular flexibility index (Phi) is 3.33. The van der Waals surface area contributed by atoms with Crippen LogP contribution in [0.15, 0.2) is 36.4 Å². The maximum atomic E-state index is 13.5. The van der Waals surface area contributed by atoms with Crippen LogP contribution in [0.3, 0.4) is 0 Å². The van der Waals surface area contributed by atoms with Crippen LogP contribution in [-0.4, -0.2) is 5.91 Å². The van der Waals surface area contributed by atoms with E-state index in [-0.39, 0.29) is 22.6 Å². The Morgan fingerprint density at radius 1 is 1.16 bits per heavy atom. The number of rotatable bonds is 3. The van der Waals surface area contributed by atoms with Gasteiger partial charge in [-0.05, 0) is 24.3 Å². The second-order valence-corrected chi connectivity index (χ2v) is 3.88. The quantitative estimate of drug-likeness (QED) is 0.744. The Bertz CT molecular complexity index is 644. The monoisotopic (exact) mass is 263 g/mol. The van der Waals surface area contributed by atoms with E-state index in [1.807, 2.05) is 0 Å². The number of nitrogen functional groups attached to an aromatic ring is 1. The fraction of sp³-hybridized carbons (Fsp3) is 0. The first-order valence-electron chi connectivity index (χ1n) is 5.39. The number of carbonyl (C=O) groups excluding carboxylic acids is 1. The number of amides is 1. The number of anilines is 3. The summed E-state index contributed by atoms with van der Waals surface area (Å²) < 4.78 is 26.6. The standard InChI is InChI=1S/C13H11F2N3O/c14-7-4-5-9(15)11(6-7)18-12-8(13(17)19)2-1-3-10(12)16/h1-6,18H,16H2,(H2,17,19). The third-order valence-electron chi connectivity index (χ3n) is 2.55. The summed E-state index contributed by atoms with van der Waals surface area (Å²) >= 11 is 0. The Labute approximate surface area is 108 Å². The van der Waals surface area contributed by atoms with E-state index in [9.17, 15) is 13.6 Å². The SMILES string of the molecule is NC(=O)c1cccc(N)c1Nc1cc(F)ccc1F. The summed E-state index contributed by atoms with van der Waals surface area (Å²) in [6, 6.07) is 7.43. The Morgan fingerprint density at radius 2 is 1.89 bits per heavy atom. The van der Waals surface area contributed by atoms with Gasteiger partial charge in [-0.1, -0.05) is 6.07 Å². The molecule has 0 bridgehead atoms. The van der Waals surface area contributed by atoms with Crippen molar-refractivity contribution in [3.05, 3.63) is 53.6 Å². The van der Waals surface area contributed by atoms with Crippen molar-refractivity contribution in [2.75, 3.05) is 11.1 Å². The molecule has 0 spiro atoms. The summed E-state index contributed by atoms with van der Waals surface area (Å²) in [6.45, 7) is 0. The van der Waals surface area contributed by atoms with Gasteiger partial charge in [0.05, 0.1) is 22.6 Å². The van der Waals surface area contributed by atoms with Crippen molar-refractivity contribution in [3.8, 4) is 0 Å². The van der Waals surface area contributed by atoms with Gasteiger partial charge in [-0.3, -0.25) is 4.79 Å². The van der Waals surface area contributed by atoms with Crippen molar-refractivity contribution in [1.82, 2.24) is 0 Å². The van der Waals surface area contributed by atoms with Gasteiger partial charge in [0.15, 0.2) is 0 Å². The van der Waals surface area contributed by atoms with Crippen molar-refractivity contribution < 1.29 is 13.6 Å². The minimum absolute atomic E-state index is 0.101. The molecule has 0 aliphatic heterocycles. The topological polar surface area (TPSA) is 81.1 Å². The lowest BCUT2D eigenvalue weighted by Gasteiger charge is -2.13. The zero-order valence-electron chi connectivity index (χ0n) is 9.78. The summed E-state index contributed by atoms with van der Waals surface area (Å²) in [5, 5.41) is 2.59. The van der Waals surface area contributed by atoms with E-state index in [1.165, 1.54) is 12.1 Å². The third-order valence-corrected chi connectivity index (χ3v) is 2.55. The predicted octanol–water partition coefficient (Wildman–Crippen LogP) is 2.39. The lowest BCUT2D eigenvalue weighted by atomic mass is 10.1. The van der Waals surface area contributed by atoms with Crippen LogP contribution in [0.5, 0.6) is 0 Å². The molecule has 0 saturated carbocycles. The summed E-state index contributed by atoms with van der Waals surface area (Å²) in [5.41, 5.74) is 11.2. The van der Waals surface area contributed by atoms with Crippen LogP contribution < -0.4 is 16.8 Å². The van der Waals surface area contributed by atoms with Crippen LogP contribution in [0.25, 0.3) is 0 Å². The Morgan fingerprint density at radius 3 is 2.58 bits per heavy atom. The Balaban J connectivity index is 2.49. The zero-order chi connectivity index (χ0) is 14.0. The second-order valence-electron chi connectivity index (χ2n) is 3.88. The van der Waals surface area contributed by atoms with Crippen LogP contribution in [0.1, 0.15) is 10.4 Å². The summed E-state index contributed by atoms with van der Waals surface area (Å²) in [5.74, 6) is -1.99. The van der Waals surface area contributed by atoms with E-state index in [0.717, 1.165) is 18.2 Å². The molecule has 5 N–H and O–H groups in total. The van der Waals surface area contributed by atoms with E-state index in [4.69, 9.17) is 11.5 Å². The molecule has 0 fully saturated rings. The second kappa shape index (κ2) is 4.93. The number of benzene rings is 2. The van der Waals surface area contributed by atoms with Gasteiger partial charge in [-0.2, -0.15) is 0 Å². The minimum Gasteiger partial charge on any atom is -0.397 e. The number of hydrogen-bond acceptors (Lipinski definition) is 3. The molecule has 2 aromatic rings. The fourth-order valence-electron chi connectivity index (χ4n) is 1.64. The predicted molar refractivity (Wildman–Crippen MR) is 69.0 cm³/mol. The van der Waals surface area contributed by atoms with Gasteiger partial charge >= 0.3 is 0 Å². The van der Waals surface area contributed by atoms with E-state index in [0.29, 0.717) is 0 Å². The van der Waals surface area contributed by atoms with Gasteiger partial charge in [-0.15, -0.1) is 0 Å². The molecule has 0 aromatic heterocycles. The van der Waals surface area contributed by atoms with Crippen LogP contribution in [-0.2, 0) is 0 Å². The number of carbonyl (C=O) groups is 1. The maximum absolute atomic E-state index is 13.5.